The molecule has 1 spiro atoms. The lowest BCUT2D eigenvalue weighted by Crippen LogP contribution is -2.41. The minimum absolute atomic E-state index is 0. The second-order valence-corrected chi connectivity index (χ2v) is 7.50. The number of nitrogens with zero attached hydrogens (tertiary/aromatic N) is 1. The van der Waals surface area contributed by atoms with Crippen molar-refractivity contribution in [3.8, 4) is 0 Å². The summed E-state index contributed by atoms with van der Waals surface area (Å²) in [5.74, 6) is 1.23. The Morgan fingerprint density at radius 3 is 2.79 bits per heavy atom. The summed E-state index contributed by atoms with van der Waals surface area (Å²) < 4.78 is 11.3. The molecular weight excluding hydrogens is 328 g/mol. The molecule has 3 fully saturated rings. The zero-order valence-electron chi connectivity index (χ0n) is 14.0. The molecule has 1 saturated carbocycles. The maximum atomic E-state index is 12.8. The number of furan rings is 1. The Morgan fingerprint density at radius 2 is 2.12 bits per heavy atom. The van der Waals surface area contributed by atoms with Crippen molar-refractivity contribution in [1.82, 2.24) is 10.2 Å². The highest BCUT2D eigenvalue weighted by molar-refractivity contribution is 5.92. The topological polar surface area (TPSA) is 54.7 Å². The molecule has 1 atom stereocenters. The van der Waals surface area contributed by atoms with Gasteiger partial charge in [-0.15, -0.1) is 12.4 Å². The molecule has 2 saturated heterocycles. The first-order valence-corrected chi connectivity index (χ1v) is 8.89. The smallest absolute Gasteiger partial charge is 0.289 e. The Balaban J connectivity index is 0.00000169. The molecule has 1 aromatic rings. The van der Waals surface area contributed by atoms with Crippen LogP contribution < -0.4 is 5.32 Å². The number of piperidine rings is 1. The summed E-state index contributed by atoms with van der Waals surface area (Å²) in [6.45, 7) is 4.47. The number of halogens is 1. The highest BCUT2D eigenvalue weighted by Crippen LogP contribution is 2.42. The summed E-state index contributed by atoms with van der Waals surface area (Å²) in [6.07, 6.45) is 7.53. The largest absolute Gasteiger partial charge is 0.459 e. The molecule has 0 radical (unpaired) electrons. The Kier molecular flexibility index (Phi) is 5.52. The number of amides is 1. The third-order valence-electron chi connectivity index (χ3n) is 5.63. The van der Waals surface area contributed by atoms with E-state index in [-0.39, 0.29) is 29.8 Å². The molecule has 2 aliphatic heterocycles. The van der Waals surface area contributed by atoms with E-state index in [4.69, 9.17) is 9.15 Å². The summed E-state index contributed by atoms with van der Waals surface area (Å²) in [6, 6.07) is 3.73. The van der Waals surface area contributed by atoms with Crippen LogP contribution in [0.5, 0.6) is 0 Å². The fourth-order valence-electron chi connectivity index (χ4n) is 4.07. The Hall–Kier alpha value is -1.04. The molecule has 134 valence electrons. The fraction of sp³-hybridized carbons (Fsp3) is 0.722. The van der Waals surface area contributed by atoms with E-state index in [0.717, 1.165) is 51.4 Å². The van der Waals surface area contributed by atoms with E-state index in [0.29, 0.717) is 12.4 Å². The van der Waals surface area contributed by atoms with Crippen LogP contribution in [0.2, 0.25) is 0 Å². The van der Waals surface area contributed by atoms with E-state index < -0.39 is 0 Å². The predicted molar refractivity (Wildman–Crippen MR) is 93.5 cm³/mol. The molecule has 5 nitrogen and oxygen atoms in total. The molecule has 1 amide bonds. The van der Waals surface area contributed by atoms with E-state index in [1.807, 2.05) is 4.90 Å². The molecule has 0 aromatic carbocycles. The third kappa shape index (κ3) is 3.79. The average molecular weight is 355 g/mol. The van der Waals surface area contributed by atoms with Crippen LogP contribution >= 0.6 is 12.4 Å². The summed E-state index contributed by atoms with van der Waals surface area (Å²) in [5.41, 5.74) is 0.265. The Labute approximate surface area is 149 Å². The van der Waals surface area contributed by atoms with Crippen molar-refractivity contribution < 1.29 is 13.9 Å². The summed E-state index contributed by atoms with van der Waals surface area (Å²) in [7, 11) is 0. The van der Waals surface area contributed by atoms with E-state index in [9.17, 15) is 4.79 Å². The normalized spacial score (nSPS) is 25.7. The van der Waals surface area contributed by atoms with Gasteiger partial charge in [-0.25, -0.2) is 0 Å². The zero-order chi connectivity index (χ0) is 15.7. The van der Waals surface area contributed by atoms with Gasteiger partial charge in [0.05, 0.1) is 18.9 Å². The first kappa shape index (κ1) is 17.8. The van der Waals surface area contributed by atoms with Crippen molar-refractivity contribution in [2.75, 3.05) is 32.8 Å². The van der Waals surface area contributed by atoms with Crippen LogP contribution in [0.4, 0.5) is 0 Å². The summed E-state index contributed by atoms with van der Waals surface area (Å²) in [4.78, 5) is 14.8. The number of nitrogens with one attached hydrogen (secondary N) is 1. The minimum atomic E-state index is 0. The van der Waals surface area contributed by atoms with Crippen molar-refractivity contribution in [3.05, 3.63) is 24.2 Å². The first-order valence-electron chi connectivity index (χ1n) is 8.89. The molecule has 0 bridgehead atoms. The third-order valence-corrected chi connectivity index (χ3v) is 5.63. The van der Waals surface area contributed by atoms with Crippen molar-refractivity contribution in [1.29, 1.82) is 0 Å². The zero-order valence-corrected chi connectivity index (χ0v) is 14.9. The second-order valence-electron chi connectivity index (χ2n) is 7.50. The van der Waals surface area contributed by atoms with E-state index in [1.54, 1.807) is 18.4 Å². The maximum Gasteiger partial charge on any atom is 0.289 e. The number of ether oxygens (including phenoxy) is 1. The molecule has 3 aliphatic rings. The lowest BCUT2D eigenvalue weighted by atomic mass is 9.77. The van der Waals surface area contributed by atoms with Crippen LogP contribution in [0.15, 0.2) is 22.8 Å². The number of carbonyl (C=O) groups excluding carboxylic acids is 1. The van der Waals surface area contributed by atoms with Crippen molar-refractivity contribution in [2.45, 2.75) is 38.1 Å². The van der Waals surface area contributed by atoms with Crippen molar-refractivity contribution in [3.63, 3.8) is 0 Å². The minimum Gasteiger partial charge on any atom is -0.459 e. The van der Waals surface area contributed by atoms with Gasteiger partial charge in [-0.05, 0) is 68.7 Å². The van der Waals surface area contributed by atoms with Crippen LogP contribution in [-0.4, -0.2) is 49.7 Å². The molecule has 3 heterocycles. The van der Waals surface area contributed by atoms with Crippen molar-refractivity contribution in [2.24, 2.45) is 11.3 Å². The highest BCUT2D eigenvalue weighted by Gasteiger charge is 2.46. The molecule has 1 unspecified atom stereocenters. The van der Waals surface area contributed by atoms with Crippen LogP contribution in [-0.2, 0) is 4.74 Å². The maximum absolute atomic E-state index is 12.8. The number of likely N-dealkylation sites (tertiary alicyclic amines) is 1. The first-order chi connectivity index (χ1) is 11.3. The van der Waals surface area contributed by atoms with E-state index >= 15 is 0 Å². The summed E-state index contributed by atoms with van der Waals surface area (Å²) in [5, 5.41) is 3.44. The molecule has 24 heavy (non-hydrogen) atoms. The van der Waals surface area contributed by atoms with Crippen LogP contribution in [0.1, 0.15) is 42.7 Å². The average Bonchev–Trinajstić information content (AvgIpc) is 3.10. The lowest BCUT2D eigenvalue weighted by molar-refractivity contribution is 0.0490. The molecule has 4 rings (SSSR count). The molecule has 6 heteroatoms. The van der Waals surface area contributed by atoms with Crippen molar-refractivity contribution >= 4 is 18.3 Å². The Bertz CT molecular complexity index is 538. The van der Waals surface area contributed by atoms with Gasteiger partial charge in [-0.2, -0.15) is 0 Å². The number of rotatable bonds is 5. The number of carbonyl (C=O) groups is 1. The van der Waals surface area contributed by atoms with Gasteiger partial charge in [0.15, 0.2) is 5.76 Å². The standard InChI is InChI=1S/C18H26N2O3.ClH/c21-17(16-2-1-9-23-16)20-13-18(5-7-19-8-6-18)10-15(20)12-22-11-14-3-4-14;/h1-2,9,14-15,19H,3-8,10-13H2;1H. The number of hydrogen-bond donors (Lipinski definition) is 1. The van der Waals surface area contributed by atoms with Gasteiger partial charge in [0.2, 0.25) is 0 Å². The molecule has 1 aliphatic carbocycles. The van der Waals surface area contributed by atoms with Gasteiger partial charge in [0.25, 0.3) is 5.91 Å². The predicted octanol–water partition coefficient (Wildman–Crippen LogP) is 2.71. The lowest BCUT2D eigenvalue weighted by Gasteiger charge is -2.33. The van der Waals surface area contributed by atoms with Gasteiger partial charge in [-0.3, -0.25) is 4.79 Å². The van der Waals surface area contributed by atoms with E-state index in [1.165, 1.54) is 12.8 Å². The van der Waals surface area contributed by atoms with Crippen LogP contribution in [0, 0.1) is 11.3 Å². The Morgan fingerprint density at radius 1 is 1.33 bits per heavy atom. The number of hydrogen-bond acceptors (Lipinski definition) is 4. The molecule has 1 aromatic heterocycles. The van der Waals surface area contributed by atoms with Gasteiger partial charge >= 0.3 is 0 Å². The molecule has 1 N–H and O–H groups in total. The summed E-state index contributed by atoms with van der Waals surface area (Å²) >= 11 is 0. The van der Waals surface area contributed by atoms with Crippen LogP contribution in [0.3, 0.4) is 0 Å². The molecular formula is C18H27ClN2O3. The van der Waals surface area contributed by atoms with Gasteiger partial charge in [0, 0.05) is 13.2 Å². The SMILES string of the molecule is Cl.O=C(c1ccco1)N1CC2(CCNCC2)CC1COCC1CC1. The monoisotopic (exact) mass is 354 g/mol. The quantitative estimate of drug-likeness (QED) is 0.883. The second kappa shape index (κ2) is 7.46. The van der Waals surface area contributed by atoms with Gasteiger partial charge < -0.3 is 19.4 Å². The van der Waals surface area contributed by atoms with Crippen LogP contribution in [0.25, 0.3) is 0 Å². The highest BCUT2D eigenvalue weighted by atomic mass is 35.5. The fourth-order valence-corrected chi connectivity index (χ4v) is 4.07. The van der Waals surface area contributed by atoms with E-state index in [2.05, 4.69) is 5.32 Å². The van der Waals surface area contributed by atoms with Gasteiger partial charge in [-0.1, -0.05) is 0 Å². The van der Waals surface area contributed by atoms with Gasteiger partial charge in [0.1, 0.15) is 0 Å².